The second-order valence-corrected chi connectivity index (χ2v) is 8.32. The maximum absolute atomic E-state index is 13.3. The smallest absolute Gasteiger partial charge is 0.231 e. The molecule has 0 saturated carbocycles. The molecule has 2 aromatic carbocycles. The molecule has 0 radical (unpaired) electrons. The Hall–Kier alpha value is -3.15. The molecule has 30 heavy (non-hydrogen) atoms. The number of fused-ring (bicyclic) bond motifs is 1. The standard InChI is InChI=1S/C24H28N4O2/c1-16(2)13-23(29)27-21(18-9-11-20(30-4)12-10-18)14-22(28-24(27)25-15-26-28)19-7-5-17(3)6-8-19/h5-12,15-16,21-22H,13-14H2,1-4H3/t21-,22+/m0/s1. The van der Waals surface area contributed by atoms with Crippen LogP contribution < -0.4 is 9.64 Å². The van der Waals surface area contributed by atoms with Crippen molar-refractivity contribution >= 4 is 11.9 Å². The van der Waals surface area contributed by atoms with Crippen LogP contribution in [0.25, 0.3) is 0 Å². The van der Waals surface area contributed by atoms with Gasteiger partial charge in [0.1, 0.15) is 12.1 Å². The normalized spacial score (nSPS) is 18.4. The Morgan fingerprint density at radius 2 is 1.70 bits per heavy atom. The third kappa shape index (κ3) is 3.82. The molecule has 0 unspecified atom stereocenters. The number of hydrogen-bond acceptors (Lipinski definition) is 4. The van der Waals surface area contributed by atoms with Crippen LogP contribution >= 0.6 is 0 Å². The molecule has 4 rings (SSSR count). The van der Waals surface area contributed by atoms with Gasteiger partial charge in [-0.1, -0.05) is 55.8 Å². The highest BCUT2D eigenvalue weighted by Crippen LogP contribution is 2.42. The Morgan fingerprint density at radius 3 is 2.33 bits per heavy atom. The number of amides is 1. The number of benzene rings is 2. The van der Waals surface area contributed by atoms with Gasteiger partial charge in [0.15, 0.2) is 0 Å². The number of hydrogen-bond donors (Lipinski definition) is 0. The van der Waals surface area contributed by atoms with Crippen LogP contribution in [0.1, 0.15) is 55.5 Å². The first-order valence-corrected chi connectivity index (χ1v) is 10.4. The third-order valence-electron chi connectivity index (χ3n) is 5.64. The quantitative estimate of drug-likeness (QED) is 0.618. The summed E-state index contributed by atoms with van der Waals surface area (Å²) < 4.78 is 7.21. The fraction of sp³-hybridized carbons (Fsp3) is 0.375. The lowest BCUT2D eigenvalue weighted by molar-refractivity contribution is -0.120. The predicted octanol–water partition coefficient (Wildman–Crippen LogP) is 4.71. The molecule has 1 aromatic heterocycles. The van der Waals surface area contributed by atoms with E-state index in [2.05, 4.69) is 55.1 Å². The van der Waals surface area contributed by atoms with E-state index in [1.165, 1.54) is 11.1 Å². The molecular formula is C24H28N4O2. The number of methoxy groups -OCH3 is 1. The monoisotopic (exact) mass is 404 g/mol. The Kier molecular flexibility index (Phi) is 5.57. The summed E-state index contributed by atoms with van der Waals surface area (Å²) in [6.07, 6.45) is 2.74. The predicted molar refractivity (Wildman–Crippen MR) is 117 cm³/mol. The van der Waals surface area contributed by atoms with Gasteiger partial charge < -0.3 is 4.74 Å². The van der Waals surface area contributed by atoms with Gasteiger partial charge >= 0.3 is 0 Å². The Bertz CT molecular complexity index is 1010. The molecule has 2 heterocycles. The van der Waals surface area contributed by atoms with Crippen LogP contribution in [0.5, 0.6) is 5.75 Å². The Morgan fingerprint density at radius 1 is 1.07 bits per heavy atom. The maximum atomic E-state index is 13.3. The number of aryl methyl sites for hydroxylation is 1. The molecule has 6 heteroatoms. The zero-order valence-electron chi connectivity index (χ0n) is 17.9. The summed E-state index contributed by atoms with van der Waals surface area (Å²) in [5.41, 5.74) is 3.45. The first kappa shape index (κ1) is 20.1. The first-order valence-electron chi connectivity index (χ1n) is 10.4. The molecular weight excluding hydrogens is 376 g/mol. The van der Waals surface area contributed by atoms with Crippen molar-refractivity contribution < 1.29 is 9.53 Å². The van der Waals surface area contributed by atoms with Crippen molar-refractivity contribution in [2.24, 2.45) is 5.92 Å². The zero-order valence-corrected chi connectivity index (χ0v) is 17.9. The lowest BCUT2D eigenvalue weighted by Crippen LogP contribution is -2.43. The molecule has 0 bridgehead atoms. The Labute approximate surface area is 177 Å². The van der Waals surface area contributed by atoms with Crippen molar-refractivity contribution in [3.63, 3.8) is 0 Å². The van der Waals surface area contributed by atoms with Crippen LogP contribution in [0, 0.1) is 12.8 Å². The molecule has 0 saturated heterocycles. The van der Waals surface area contributed by atoms with Crippen LogP contribution in [0.4, 0.5) is 5.95 Å². The number of nitrogens with zero attached hydrogens (tertiary/aromatic N) is 4. The minimum Gasteiger partial charge on any atom is -0.497 e. The SMILES string of the molecule is COc1ccc([C@@H]2C[C@H](c3ccc(C)cc3)n3ncnc3N2C(=O)CC(C)C)cc1. The van der Waals surface area contributed by atoms with E-state index in [1.807, 2.05) is 33.8 Å². The van der Waals surface area contributed by atoms with E-state index in [-0.39, 0.29) is 23.9 Å². The van der Waals surface area contributed by atoms with E-state index < -0.39 is 0 Å². The van der Waals surface area contributed by atoms with E-state index in [1.54, 1.807) is 13.4 Å². The van der Waals surface area contributed by atoms with E-state index >= 15 is 0 Å². The molecule has 0 fully saturated rings. The number of carbonyl (C=O) groups is 1. The van der Waals surface area contributed by atoms with Gasteiger partial charge in [-0.05, 0) is 42.5 Å². The maximum Gasteiger partial charge on any atom is 0.231 e. The number of rotatable bonds is 5. The fourth-order valence-electron chi connectivity index (χ4n) is 4.10. The highest BCUT2D eigenvalue weighted by Gasteiger charge is 2.39. The second kappa shape index (κ2) is 8.30. The summed E-state index contributed by atoms with van der Waals surface area (Å²) in [6, 6.07) is 16.4. The van der Waals surface area contributed by atoms with Crippen molar-refractivity contribution in [3.8, 4) is 5.75 Å². The molecule has 0 aliphatic carbocycles. The number of ether oxygens (including phenoxy) is 1. The average molecular weight is 405 g/mol. The molecule has 0 spiro atoms. The molecule has 0 N–H and O–H groups in total. The van der Waals surface area contributed by atoms with Crippen molar-refractivity contribution in [1.82, 2.24) is 14.8 Å². The van der Waals surface area contributed by atoms with Crippen LogP contribution in [0.15, 0.2) is 54.9 Å². The largest absolute Gasteiger partial charge is 0.497 e. The van der Waals surface area contributed by atoms with Crippen LogP contribution in [-0.4, -0.2) is 27.8 Å². The number of carbonyl (C=O) groups excluding carboxylic acids is 1. The molecule has 2 atom stereocenters. The second-order valence-electron chi connectivity index (χ2n) is 8.32. The average Bonchev–Trinajstić information content (AvgIpc) is 3.22. The van der Waals surface area contributed by atoms with E-state index in [0.29, 0.717) is 12.4 Å². The molecule has 3 aromatic rings. The molecule has 1 aliphatic heterocycles. The van der Waals surface area contributed by atoms with Gasteiger partial charge in [0.05, 0.1) is 19.2 Å². The summed E-state index contributed by atoms with van der Waals surface area (Å²) in [5.74, 6) is 1.74. The summed E-state index contributed by atoms with van der Waals surface area (Å²) >= 11 is 0. The van der Waals surface area contributed by atoms with E-state index in [9.17, 15) is 4.79 Å². The summed E-state index contributed by atoms with van der Waals surface area (Å²) in [6.45, 7) is 6.20. The number of aromatic nitrogens is 3. The van der Waals surface area contributed by atoms with Crippen molar-refractivity contribution in [1.29, 1.82) is 0 Å². The fourth-order valence-corrected chi connectivity index (χ4v) is 4.10. The van der Waals surface area contributed by atoms with Gasteiger partial charge in [-0.2, -0.15) is 10.1 Å². The van der Waals surface area contributed by atoms with Crippen LogP contribution in [0.3, 0.4) is 0 Å². The van der Waals surface area contributed by atoms with Gasteiger partial charge in [-0.15, -0.1) is 0 Å². The van der Waals surface area contributed by atoms with Gasteiger partial charge in [0, 0.05) is 6.42 Å². The van der Waals surface area contributed by atoms with Crippen molar-refractivity contribution in [2.75, 3.05) is 12.0 Å². The highest BCUT2D eigenvalue weighted by molar-refractivity contribution is 5.93. The van der Waals surface area contributed by atoms with E-state index in [0.717, 1.165) is 17.7 Å². The molecule has 156 valence electrons. The lowest BCUT2D eigenvalue weighted by atomic mass is 9.91. The summed E-state index contributed by atoms with van der Waals surface area (Å²) in [4.78, 5) is 19.6. The van der Waals surface area contributed by atoms with Gasteiger partial charge in [0.2, 0.25) is 11.9 Å². The highest BCUT2D eigenvalue weighted by atomic mass is 16.5. The minimum absolute atomic E-state index is 0.0123. The summed E-state index contributed by atoms with van der Waals surface area (Å²) in [7, 11) is 1.66. The van der Waals surface area contributed by atoms with Crippen molar-refractivity contribution in [3.05, 3.63) is 71.5 Å². The topological polar surface area (TPSA) is 60.2 Å². The Balaban J connectivity index is 1.80. The summed E-state index contributed by atoms with van der Waals surface area (Å²) in [5, 5.41) is 4.50. The van der Waals surface area contributed by atoms with Crippen LogP contribution in [-0.2, 0) is 4.79 Å². The van der Waals surface area contributed by atoms with E-state index in [4.69, 9.17) is 4.74 Å². The van der Waals surface area contributed by atoms with Crippen LogP contribution in [0.2, 0.25) is 0 Å². The minimum atomic E-state index is -0.120. The number of anilines is 1. The zero-order chi connectivity index (χ0) is 21.3. The third-order valence-corrected chi connectivity index (χ3v) is 5.64. The first-order chi connectivity index (χ1) is 14.5. The lowest BCUT2D eigenvalue weighted by Gasteiger charge is -2.39. The van der Waals surface area contributed by atoms with Crippen molar-refractivity contribution in [2.45, 2.75) is 45.7 Å². The van der Waals surface area contributed by atoms with Gasteiger partial charge in [0.25, 0.3) is 0 Å². The molecule has 1 amide bonds. The molecule has 1 aliphatic rings. The van der Waals surface area contributed by atoms with Gasteiger partial charge in [-0.25, -0.2) is 4.68 Å². The molecule has 6 nitrogen and oxygen atoms in total. The van der Waals surface area contributed by atoms with Gasteiger partial charge in [-0.3, -0.25) is 9.69 Å².